The van der Waals surface area contributed by atoms with Gasteiger partial charge in [0, 0.05) is 62.2 Å². The Bertz CT molecular complexity index is 2770. The van der Waals surface area contributed by atoms with Gasteiger partial charge in [-0.3, -0.25) is 0 Å². The molecule has 0 spiro atoms. The van der Waals surface area contributed by atoms with Crippen LogP contribution in [0.2, 0.25) is 0 Å². The first-order valence-corrected chi connectivity index (χ1v) is 19.7. The summed E-state index contributed by atoms with van der Waals surface area (Å²) >= 11 is 0. The minimum atomic E-state index is -0.0259. The summed E-state index contributed by atoms with van der Waals surface area (Å²) in [4.78, 5) is 9.44. The predicted molar refractivity (Wildman–Crippen MR) is 236 cm³/mol. The second-order valence-corrected chi connectivity index (χ2v) is 17.1. The maximum Gasteiger partial charge on any atom is 0.135 e. The number of anilines is 3. The minimum Gasteiger partial charge on any atom is -0.509 e. The van der Waals surface area contributed by atoms with Gasteiger partial charge in [-0.2, -0.15) is 18.8 Å². The van der Waals surface area contributed by atoms with Crippen molar-refractivity contribution in [2.24, 2.45) is 0 Å². The fourth-order valence-corrected chi connectivity index (χ4v) is 8.00. The maximum atomic E-state index is 6.62. The van der Waals surface area contributed by atoms with E-state index in [0.29, 0.717) is 11.5 Å². The third kappa shape index (κ3) is 7.33. The number of para-hydroxylation sites is 2. The van der Waals surface area contributed by atoms with Crippen LogP contribution in [0.3, 0.4) is 0 Å². The van der Waals surface area contributed by atoms with Gasteiger partial charge in [0.2, 0.25) is 0 Å². The summed E-state index contributed by atoms with van der Waals surface area (Å²) in [6.07, 6.45) is 1.92. The fourth-order valence-electron chi connectivity index (χ4n) is 8.00. The van der Waals surface area contributed by atoms with Crippen molar-refractivity contribution in [3.05, 3.63) is 181 Å². The quantitative estimate of drug-likeness (QED) is 0.149. The average Bonchev–Trinajstić information content (AvgIpc) is 3.73. The van der Waals surface area contributed by atoms with Gasteiger partial charge >= 0.3 is 0 Å². The Hall–Kier alpha value is -5.64. The van der Waals surface area contributed by atoms with E-state index < -0.39 is 0 Å². The molecule has 9 rings (SSSR count). The number of pyridine rings is 1. The zero-order chi connectivity index (χ0) is 39.5. The molecule has 58 heavy (non-hydrogen) atoms. The van der Waals surface area contributed by atoms with Gasteiger partial charge in [0.1, 0.15) is 5.82 Å². The number of hydrogen-bond donors (Lipinski definition) is 0. The van der Waals surface area contributed by atoms with E-state index in [4.69, 9.17) is 9.72 Å². The van der Waals surface area contributed by atoms with Crippen molar-refractivity contribution in [1.82, 2.24) is 9.55 Å². The molecule has 0 radical (unpaired) electrons. The molecule has 2 aromatic heterocycles. The molecule has 0 N–H and O–H groups in total. The molecule has 0 saturated heterocycles. The Labute approximate surface area is 357 Å². The van der Waals surface area contributed by atoms with Crippen LogP contribution in [0.15, 0.2) is 140 Å². The molecule has 0 amide bonds. The molecule has 0 fully saturated rings. The Morgan fingerprint density at radius 2 is 1.34 bits per heavy atom. The van der Waals surface area contributed by atoms with Crippen molar-refractivity contribution in [2.45, 2.75) is 65.8 Å². The van der Waals surface area contributed by atoms with Crippen LogP contribution in [0.1, 0.15) is 63.8 Å². The zero-order valence-electron chi connectivity index (χ0n) is 34.1. The Morgan fingerprint density at radius 1 is 0.655 bits per heavy atom. The second kappa shape index (κ2) is 15.3. The third-order valence-electron chi connectivity index (χ3n) is 11.1. The first kappa shape index (κ1) is 39.2. The van der Waals surface area contributed by atoms with E-state index in [1.54, 1.807) is 0 Å². The van der Waals surface area contributed by atoms with Gasteiger partial charge in [0.05, 0.1) is 0 Å². The molecule has 5 nitrogen and oxygen atoms in total. The molecule has 6 aromatic carbocycles. The number of aryl methyl sites for hydroxylation is 1. The first-order chi connectivity index (χ1) is 27.4. The molecule has 1 aliphatic rings. The molecular formula is C52H47N4OPt-3. The number of rotatable bonds is 7. The fraction of sp³-hybridized carbons (Fsp3) is 0.192. The maximum absolute atomic E-state index is 6.62. The molecular weight excluding hydrogens is 892 g/mol. The van der Waals surface area contributed by atoms with Gasteiger partial charge < -0.3 is 19.1 Å². The smallest absolute Gasteiger partial charge is 0.135 e. The van der Waals surface area contributed by atoms with E-state index >= 15 is 0 Å². The zero-order valence-corrected chi connectivity index (χ0v) is 36.3. The van der Waals surface area contributed by atoms with Crippen molar-refractivity contribution in [1.29, 1.82) is 0 Å². The van der Waals surface area contributed by atoms with Crippen molar-refractivity contribution in [2.75, 3.05) is 9.80 Å². The number of fused-ring (bicyclic) bond motifs is 4. The SMILES string of the molecule is Cc1cccc(CN2[CH-]N(c3[c-]c(Oc4[c-]c5c(cc4)c4ccc(C(C)(C)C)cc4n5-c4cc(C(C)(C)C)ccn4)ccc3)c3ccccc32)c1-c1ccccc1.[Pt]. The van der Waals surface area contributed by atoms with Crippen molar-refractivity contribution >= 4 is 38.9 Å². The summed E-state index contributed by atoms with van der Waals surface area (Å²) in [5.41, 5.74) is 12.7. The molecule has 1 aliphatic heterocycles. The normalized spacial score (nSPS) is 12.9. The van der Waals surface area contributed by atoms with Crippen LogP contribution in [0.4, 0.5) is 17.1 Å². The summed E-state index contributed by atoms with van der Waals surface area (Å²) in [6.45, 7) is 18.6. The molecule has 0 saturated carbocycles. The van der Waals surface area contributed by atoms with Crippen LogP contribution in [0, 0.1) is 25.7 Å². The van der Waals surface area contributed by atoms with Gasteiger partial charge in [-0.1, -0.05) is 120 Å². The summed E-state index contributed by atoms with van der Waals surface area (Å²) in [6, 6.07) is 54.4. The topological polar surface area (TPSA) is 33.5 Å². The van der Waals surface area contributed by atoms with E-state index in [1.165, 1.54) is 33.4 Å². The van der Waals surface area contributed by atoms with Gasteiger partial charge in [0.15, 0.2) is 0 Å². The monoisotopic (exact) mass is 938 g/mol. The van der Waals surface area contributed by atoms with E-state index in [2.05, 4.69) is 197 Å². The molecule has 0 bridgehead atoms. The molecule has 8 aromatic rings. The number of ether oxygens (including phenoxy) is 1. The van der Waals surface area contributed by atoms with E-state index in [1.807, 2.05) is 24.4 Å². The summed E-state index contributed by atoms with van der Waals surface area (Å²) in [7, 11) is 0. The molecule has 0 atom stereocenters. The predicted octanol–water partition coefficient (Wildman–Crippen LogP) is 13.4. The molecule has 3 heterocycles. The Kier molecular flexibility index (Phi) is 10.3. The van der Waals surface area contributed by atoms with Gasteiger partial charge in [0.25, 0.3) is 0 Å². The summed E-state index contributed by atoms with van der Waals surface area (Å²) in [5, 5.41) is 2.26. The largest absolute Gasteiger partial charge is 0.509 e. The van der Waals surface area contributed by atoms with Gasteiger partial charge in [-0.25, -0.2) is 4.98 Å². The van der Waals surface area contributed by atoms with E-state index in [9.17, 15) is 0 Å². The standard InChI is InChI=1S/C52H47N4O.Pt/c1-35-15-13-18-37(50(35)36-16-9-8-10-17-36)33-54-34-55(46-22-12-11-21-45(46)54)40-19-14-20-41(31-40)57-42-24-26-44-43-25-23-38(51(2,3)4)29-47(43)56(48(44)32-42)49-30-39(27-28-53-49)52(5,6)7;/h8-30,34H,33H2,1-7H3;/q-3;. The molecule has 294 valence electrons. The average molecular weight is 939 g/mol. The van der Waals surface area contributed by atoms with Crippen LogP contribution in [0.25, 0.3) is 38.8 Å². The van der Waals surface area contributed by atoms with Gasteiger partial charge in [-0.05, 0) is 86.9 Å². The first-order valence-electron chi connectivity index (χ1n) is 19.7. The van der Waals surface area contributed by atoms with Crippen LogP contribution in [-0.2, 0) is 38.4 Å². The van der Waals surface area contributed by atoms with Crippen LogP contribution in [-0.4, -0.2) is 9.55 Å². The summed E-state index contributed by atoms with van der Waals surface area (Å²) in [5.74, 6) is 2.09. The molecule has 0 unspecified atom stereocenters. The minimum absolute atomic E-state index is 0. The number of nitrogens with zero attached hydrogens (tertiary/aromatic N) is 4. The van der Waals surface area contributed by atoms with Crippen LogP contribution < -0.4 is 14.5 Å². The van der Waals surface area contributed by atoms with E-state index in [0.717, 1.165) is 51.2 Å². The molecule has 6 heteroatoms. The van der Waals surface area contributed by atoms with Crippen molar-refractivity contribution in [3.63, 3.8) is 0 Å². The van der Waals surface area contributed by atoms with Crippen LogP contribution in [0.5, 0.6) is 11.5 Å². The third-order valence-corrected chi connectivity index (χ3v) is 11.1. The van der Waals surface area contributed by atoms with Crippen LogP contribution >= 0.6 is 0 Å². The molecule has 0 aliphatic carbocycles. The number of hydrogen-bond acceptors (Lipinski definition) is 4. The number of benzene rings is 6. The van der Waals surface area contributed by atoms with Crippen molar-refractivity contribution in [3.8, 4) is 28.4 Å². The van der Waals surface area contributed by atoms with E-state index in [-0.39, 0.29) is 31.9 Å². The Balaban J connectivity index is 0.00000469. The Morgan fingerprint density at radius 3 is 2.12 bits per heavy atom. The second-order valence-electron chi connectivity index (χ2n) is 17.1. The van der Waals surface area contributed by atoms with Gasteiger partial charge in [-0.15, -0.1) is 41.4 Å². The number of aromatic nitrogens is 2. The summed E-state index contributed by atoms with van der Waals surface area (Å²) < 4.78 is 8.86. The van der Waals surface area contributed by atoms with Crippen molar-refractivity contribution < 1.29 is 25.8 Å².